The van der Waals surface area contributed by atoms with Crippen molar-refractivity contribution in [1.29, 1.82) is 0 Å². The molecular weight excluding hydrogens is 789 g/mol. The van der Waals surface area contributed by atoms with Gasteiger partial charge in [-0.15, -0.1) is 0 Å². The molecule has 3 aromatic rings. The Bertz CT molecular complexity index is 2250. The van der Waals surface area contributed by atoms with Gasteiger partial charge in [0.25, 0.3) is 17.7 Å². The summed E-state index contributed by atoms with van der Waals surface area (Å²) in [6.07, 6.45) is 7.66. The van der Waals surface area contributed by atoms with Crippen LogP contribution in [0.2, 0.25) is 0 Å². The van der Waals surface area contributed by atoms with E-state index >= 15 is 0 Å². The first-order valence-electron chi connectivity index (χ1n) is 22.0. The van der Waals surface area contributed by atoms with E-state index in [0.29, 0.717) is 53.8 Å². The van der Waals surface area contributed by atoms with Crippen molar-refractivity contribution in [3.63, 3.8) is 0 Å². The average molecular weight is 845 g/mol. The van der Waals surface area contributed by atoms with Crippen LogP contribution in [-0.4, -0.2) is 150 Å². The van der Waals surface area contributed by atoms with Crippen LogP contribution in [0.15, 0.2) is 60.9 Å². The smallest absolute Gasteiger partial charge is 0.320 e. The number of amides is 6. The maximum Gasteiger partial charge on any atom is 0.320 e. The quantitative estimate of drug-likeness (QED) is 0.240. The topological polar surface area (TPSA) is 184 Å². The SMILES string of the molecule is C=C1CCC(N2C(=O)c3ccc(N4CCC(CCN5CCN(c6ccc(Nc7nc(N8CCC[C@@H](N9CCN(C)C9=O)C8)cnc7C(N)=O)cc6)CC5)CC4)cc3C2=O)C(=O)N1. The van der Waals surface area contributed by atoms with Gasteiger partial charge in [0.2, 0.25) is 5.91 Å². The maximum atomic E-state index is 13.4. The number of anilines is 5. The highest BCUT2D eigenvalue weighted by Gasteiger charge is 2.44. The number of piperidine rings is 3. The first-order chi connectivity index (χ1) is 30.0. The van der Waals surface area contributed by atoms with E-state index in [2.05, 4.69) is 53.9 Å². The summed E-state index contributed by atoms with van der Waals surface area (Å²) in [5.41, 5.74) is 10.00. The molecule has 0 spiro atoms. The zero-order chi connectivity index (χ0) is 43.1. The van der Waals surface area contributed by atoms with Gasteiger partial charge in [-0.2, -0.15) is 0 Å². The lowest BCUT2D eigenvalue weighted by Crippen LogP contribution is -2.51. The first kappa shape index (κ1) is 41.1. The van der Waals surface area contributed by atoms with Crippen molar-refractivity contribution in [1.82, 2.24) is 34.9 Å². The molecule has 1 unspecified atom stereocenters. The summed E-state index contributed by atoms with van der Waals surface area (Å²) < 4.78 is 0. The number of primary amides is 1. The van der Waals surface area contributed by atoms with E-state index in [4.69, 9.17) is 10.7 Å². The summed E-state index contributed by atoms with van der Waals surface area (Å²) >= 11 is 0. The summed E-state index contributed by atoms with van der Waals surface area (Å²) in [6, 6.07) is 13.0. The molecule has 4 N–H and O–H groups in total. The predicted octanol–water partition coefficient (Wildman–Crippen LogP) is 3.47. The van der Waals surface area contributed by atoms with Gasteiger partial charge in [-0.3, -0.25) is 29.0 Å². The van der Waals surface area contributed by atoms with Gasteiger partial charge in [0.15, 0.2) is 11.5 Å². The summed E-state index contributed by atoms with van der Waals surface area (Å²) in [5, 5.41) is 5.99. The van der Waals surface area contributed by atoms with E-state index in [1.165, 1.54) is 0 Å². The highest BCUT2D eigenvalue weighted by atomic mass is 16.2. The van der Waals surface area contributed by atoms with Gasteiger partial charge in [-0.1, -0.05) is 6.58 Å². The molecule has 17 heteroatoms. The Hall–Kier alpha value is -6.23. The molecule has 2 aromatic carbocycles. The lowest BCUT2D eigenvalue weighted by atomic mass is 9.92. The molecule has 326 valence electrons. The summed E-state index contributed by atoms with van der Waals surface area (Å²) in [7, 11) is 1.83. The molecule has 0 aliphatic carbocycles. The standard InChI is InChI=1S/C45H56N12O5/c1-29-5-12-37(42(59)48-29)57-43(60)35-11-10-33(26-36(35)44(57)61)53-18-14-30(15-19-53)13-17-52-21-23-54(24-22-52)32-8-6-31(7-9-32)49-41-39(40(46)58)47-27-38(50-41)55-16-3-4-34(28-55)56-25-20-51(2)45(56)62/h6-11,26-27,30,34,37H,1,3-5,12-25,28H2,2H3,(H2,46,58)(H,48,59)(H,49,50)/t34-,37?/m1/s1. The fourth-order valence-corrected chi connectivity index (χ4v) is 9.93. The van der Waals surface area contributed by atoms with Crippen molar-refractivity contribution in [3.8, 4) is 0 Å². The average Bonchev–Trinajstić information content (AvgIpc) is 3.75. The Balaban J connectivity index is 0.734. The fourth-order valence-electron chi connectivity index (χ4n) is 9.93. The molecule has 6 amide bonds. The number of nitrogens with one attached hydrogen (secondary N) is 2. The first-order valence-corrected chi connectivity index (χ1v) is 22.0. The van der Waals surface area contributed by atoms with Crippen molar-refractivity contribution >= 4 is 58.4 Å². The van der Waals surface area contributed by atoms with Crippen LogP contribution in [0.5, 0.6) is 0 Å². The fraction of sp³-hybridized carbons (Fsp3) is 0.489. The summed E-state index contributed by atoms with van der Waals surface area (Å²) in [4.78, 5) is 87.7. The summed E-state index contributed by atoms with van der Waals surface area (Å²) in [5.74, 6) is -0.239. The minimum Gasteiger partial charge on any atom is -0.371 e. The van der Waals surface area contributed by atoms with E-state index in [0.717, 1.165) is 120 Å². The molecule has 0 bridgehead atoms. The largest absolute Gasteiger partial charge is 0.371 e. The molecule has 17 nitrogen and oxygen atoms in total. The Kier molecular flexibility index (Phi) is 11.5. The second-order valence-electron chi connectivity index (χ2n) is 17.5. The van der Waals surface area contributed by atoms with Gasteiger partial charge in [-0.25, -0.2) is 14.8 Å². The monoisotopic (exact) mass is 844 g/mol. The van der Waals surface area contributed by atoms with Crippen molar-refractivity contribution in [2.45, 2.75) is 57.0 Å². The normalized spacial score (nSPS) is 22.8. The van der Waals surface area contributed by atoms with E-state index < -0.39 is 23.8 Å². The third-order valence-corrected chi connectivity index (χ3v) is 13.6. The molecule has 5 saturated heterocycles. The number of carbonyl (C=O) groups is 5. The number of aromatic nitrogens is 2. The number of urea groups is 1. The second kappa shape index (κ2) is 17.3. The molecule has 62 heavy (non-hydrogen) atoms. The van der Waals surface area contributed by atoms with Gasteiger partial charge < -0.3 is 40.9 Å². The number of piperazine rings is 1. The van der Waals surface area contributed by atoms with Crippen LogP contribution in [0.3, 0.4) is 0 Å². The molecule has 1 aromatic heterocycles. The molecule has 0 saturated carbocycles. The number of benzene rings is 2. The van der Waals surface area contributed by atoms with Crippen LogP contribution in [0.1, 0.15) is 76.2 Å². The third-order valence-electron chi connectivity index (χ3n) is 13.6. The van der Waals surface area contributed by atoms with Crippen LogP contribution in [-0.2, 0) is 4.79 Å². The molecule has 5 fully saturated rings. The Morgan fingerprint density at radius 3 is 2.27 bits per heavy atom. The summed E-state index contributed by atoms with van der Waals surface area (Å²) in [6.45, 7) is 13.4. The number of imide groups is 1. The number of likely N-dealkylation sites (N-methyl/N-ethyl adjacent to an activating group) is 1. The van der Waals surface area contributed by atoms with Crippen molar-refractivity contribution in [2.75, 3.05) is 99.1 Å². The van der Waals surface area contributed by atoms with Gasteiger partial charge in [-0.05, 0) is 99.9 Å². The molecule has 0 radical (unpaired) electrons. The van der Waals surface area contributed by atoms with Gasteiger partial charge >= 0.3 is 6.03 Å². The van der Waals surface area contributed by atoms with E-state index in [1.807, 2.05) is 36.2 Å². The number of allylic oxidation sites excluding steroid dienone is 1. The molecule has 7 heterocycles. The number of hydrogen-bond acceptors (Lipinski definition) is 12. The Morgan fingerprint density at radius 1 is 0.839 bits per heavy atom. The highest BCUT2D eigenvalue weighted by molar-refractivity contribution is 6.23. The lowest BCUT2D eigenvalue weighted by molar-refractivity contribution is -0.125. The molecule has 6 aliphatic rings. The van der Waals surface area contributed by atoms with E-state index in [9.17, 15) is 24.0 Å². The maximum absolute atomic E-state index is 13.4. The predicted molar refractivity (Wildman–Crippen MR) is 236 cm³/mol. The third kappa shape index (κ3) is 8.24. The number of rotatable bonds is 11. The van der Waals surface area contributed by atoms with E-state index in [1.54, 1.807) is 17.2 Å². The number of nitrogens with zero attached hydrogens (tertiary/aromatic N) is 9. The highest BCUT2D eigenvalue weighted by Crippen LogP contribution is 2.34. The lowest BCUT2D eigenvalue weighted by Gasteiger charge is -2.38. The molecule has 9 rings (SSSR count). The Labute approximate surface area is 361 Å². The number of hydrogen-bond donors (Lipinski definition) is 3. The van der Waals surface area contributed by atoms with Crippen LogP contribution in [0, 0.1) is 5.92 Å². The van der Waals surface area contributed by atoms with Crippen LogP contribution in [0.25, 0.3) is 0 Å². The van der Waals surface area contributed by atoms with Crippen molar-refractivity contribution in [2.24, 2.45) is 11.7 Å². The minimum atomic E-state index is -0.811. The van der Waals surface area contributed by atoms with Crippen LogP contribution >= 0.6 is 0 Å². The van der Waals surface area contributed by atoms with Gasteiger partial charge in [0, 0.05) is 95.3 Å². The van der Waals surface area contributed by atoms with Gasteiger partial charge in [0.05, 0.1) is 23.4 Å². The molecule has 2 atom stereocenters. The zero-order valence-corrected chi connectivity index (χ0v) is 35.4. The number of carbonyl (C=O) groups excluding carboxylic acids is 5. The molecular formula is C45H56N12O5. The number of nitrogens with two attached hydrogens (primary N) is 1. The molecule has 6 aliphatic heterocycles. The van der Waals surface area contributed by atoms with Crippen LogP contribution < -0.4 is 31.1 Å². The van der Waals surface area contributed by atoms with Crippen LogP contribution in [0.4, 0.5) is 33.5 Å². The minimum absolute atomic E-state index is 0.0644. The van der Waals surface area contributed by atoms with Crippen molar-refractivity contribution < 1.29 is 24.0 Å². The second-order valence-corrected chi connectivity index (χ2v) is 17.5. The van der Waals surface area contributed by atoms with Crippen molar-refractivity contribution in [3.05, 3.63) is 77.8 Å². The van der Waals surface area contributed by atoms with Gasteiger partial charge in [0.1, 0.15) is 11.9 Å². The Morgan fingerprint density at radius 2 is 1.56 bits per heavy atom. The number of fused-ring (bicyclic) bond motifs is 1. The zero-order valence-electron chi connectivity index (χ0n) is 35.4. The van der Waals surface area contributed by atoms with E-state index in [-0.39, 0.29) is 23.7 Å².